The van der Waals surface area contributed by atoms with Gasteiger partial charge in [-0.3, -0.25) is 4.79 Å². The summed E-state index contributed by atoms with van der Waals surface area (Å²) in [6, 6.07) is -0.936. The molecule has 0 aliphatic carbocycles. The first kappa shape index (κ1) is 11.8. The molecular formula is C11H19NO4. The minimum atomic E-state index is -1.02. The molecule has 5 atom stereocenters. The molecule has 0 unspecified atom stereocenters. The van der Waals surface area contributed by atoms with Crippen molar-refractivity contribution < 1.29 is 20.1 Å². The van der Waals surface area contributed by atoms with Crippen LogP contribution in [0.5, 0.6) is 0 Å². The maximum atomic E-state index is 11.8. The summed E-state index contributed by atoms with van der Waals surface area (Å²) < 4.78 is 0. The highest BCUT2D eigenvalue weighted by atomic mass is 16.3. The lowest BCUT2D eigenvalue weighted by Crippen LogP contribution is -2.41. The van der Waals surface area contributed by atoms with Crippen molar-refractivity contribution in [3.8, 4) is 0 Å². The lowest BCUT2D eigenvalue weighted by Gasteiger charge is -2.24. The molecule has 2 rings (SSSR count). The molecule has 0 aromatic rings. The molecule has 3 N–H and O–H groups in total. The summed E-state index contributed by atoms with van der Waals surface area (Å²) >= 11 is 0. The van der Waals surface area contributed by atoms with E-state index in [-0.39, 0.29) is 24.5 Å². The van der Waals surface area contributed by atoms with Gasteiger partial charge in [-0.15, -0.1) is 0 Å². The van der Waals surface area contributed by atoms with E-state index in [0.717, 1.165) is 12.8 Å². The first-order chi connectivity index (χ1) is 7.61. The van der Waals surface area contributed by atoms with E-state index in [4.69, 9.17) is 0 Å². The third-order valence-electron chi connectivity index (χ3n) is 3.83. The monoisotopic (exact) mass is 229 g/mol. The molecule has 0 aromatic carbocycles. The van der Waals surface area contributed by atoms with Crippen LogP contribution in [0.25, 0.3) is 0 Å². The van der Waals surface area contributed by atoms with E-state index >= 15 is 0 Å². The van der Waals surface area contributed by atoms with Gasteiger partial charge >= 0.3 is 0 Å². The molecule has 0 radical (unpaired) electrons. The Kier molecular flexibility index (Phi) is 3.19. The van der Waals surface area contributed by atoms with Gasteiger partial charge in [0.15, 0.2) is 0 Å². The van der Waals surface area contributed by atoms with Gasteiger partial charge in [-0.25, -0.2) is 0 Å². The van der Waals surface area contributed by atoms with E-state index in [0.29, 0.717) is 6.42 Å². The summed E-state index contributed by atoms with van der Waals surface area (Å²) in [5.74, 6) is 0.0526. The first-order valence-corrected chi connectivity index (χ1v) is 5.90. The van der Waals surface area contributed by atoms with Gasteiger partial charge in [0.25, 0.3) is 0 Å². The van der Waals surface area contributed by atoms with E-state index in [1.165, 1.54) is 4.90 Å². The zero-order valence-electron chi connectivity index (χ0n) is 9.41. The second kappa shape index (κ2) is 4.31. The normalized spacial score (nSPS) is 42.9. The van der Waals surface area contributed by atoms with Crippen molar-refractivity contribution in [2.24, 2.45) is 5.92 Å². The zero-order valence-corrected chi connectivity index (χ0v) is 9.41. The van der Waals surface area contributed by atoms with Gasteiger partial charge < -0.3 is 20.2 Å². The molecule has 2 aliphatic heterocycles. The minimum Gasteiger partial charge on any atom is -0.394 e. The predicted molar refractivity (Wildman–Crippen MR) is 56.5 cm³/mol. The molecule has 0 bridgehead atoms. The molecular weight excluding hydrogens is 210 g/mol. The highest BCUT2D eigenvalue weighted by Crippen LogP contribution is 2.39. The lowest BCUT2D eigenvalue weighted by atomic mass is 9.91. The molecule has 2 heterocycles. The number of aliphatic hydroxyl groups excluding tert-OH is 3. The molecule has 5 nitrogen and oxygen atoms in total. The van der Waals surface area contributed by atoms with E-state index in [1.54, 1.807) is 0 Å². The van der Waals surface area contributed by atoms with Crippen molar-refractivity contribution in [2.45, 2.75) is 50.5 Å². The maximum Gasteiger partial charge on any atom is 0.223 e. The number of nitrogens with zero attached hydrogens (tertiary/aromatic N) is 1. The van der Waals surface area contributed by atoms with Crippen LogP contribution < -0.4 is 0 Å². The summed E-state index contributed by atoms with van der Waals surface area (Å²) in [6.07, 6.45) is 0.321. The van der Waals surface area contributed by atoms with Crippen molar-refractivity contribution in [1.82, 2.24) is 4.90 Å². The molecule has 2 fully saturated rings. The second-order valence-corrected chi connectivity index (χ2v) is 4.78. The molecule has 0 aromatic heterocycles. The topological polar surface area (TPSA) is 81.0 Å². The quantitative estimate of drug-likeness (QED) is 0.586. The molecule has 92 valence electrons. The fraction of sp³-hybridized carbons (Fsp3) is 0.909. The SMILES string of the molecule is CCC[C@H]1CC(=O)N2[C@@H]1[C@H](O)[C@@H](O)[C@@H]2CO. The highest BCUT2D eigenvalue weighted by Gasteiger charge is 2.56. The van der Waals surface area contributed by atoms with Gasteiger partial charge in [-0.2, -0.15) is 0 Å². The third-order valence-corrected chi connectivity index (χ3v) is 3.83. The van der Waals surface area contributed by atoms with Gasteiger partial charge in [0.05, 0.1) is 18.7 Å². The maximum absolute atomic E-state index is 11.8. The van der Waals surface area contributed by atoms with Gasteiger partial charge in [0.2, 0.25) is 5.91 Å². The van der Waals surface area contributed by atoms with Crippen molar-refractivity contribution in [2.75, 3.05) is 6.61 Å². The molecule has 1 amide bonds. The number of rotatable bonds is 3. The van der Waals surface area contributed by atoms with Crippen LogP contribution in [0, 0.1) is 5.92 Å². The average Bonchev–Trinajstić information content (AvgIpc) is 2.69. The molecule has 5 heteroatoms. The Morgan fingerprint density at radius 2 is 2.06 bits per heavy atom. The number of amides is 1. The van der Waals surface area contributed by atoms with Crippen LogP contribution in [-0.4, -0.2) is 57.0 Å². The largest absolute Gasteiger partial charge is 0.394 e. The smallest absolute Gasteiger partial charge is 0.223 e. The summed E-state index contributed by atoms with van der Waals surface area (Å²) in [5, 5.41) is 28.9. The van der Waals surface area contributed by atoms with Crippen LogP contribution in [0.15, 0.2) is 0 Å². The Morgan fingerprint density at radius 1 is 1.38 bits per heavy atom. The molecule has 0 saturated carbocycles. The summed E-state index contributed by atoms with van der Waals surface area (Å²) in [4.78, 5) is 13.3. The number of hydrogen-bond donors (Lipinski definition) is 3. The average molecular weight is 229 g/mol. The van der Waals surface area contributed by atoms with Crippen LogP contribution in [0.2, 0.25) is 0 Å². The van der Waals surface area contributed by atoms with Crippen molar-refractivity contribution in [3.05, 3.63) is 0 Å². The third kappa shape index (κ3) is 1.54. The van der Waals surface area contributed by atoms with E-state index in [2.05, 4.69) is 0 Å². The summed E-state index contributed by atoms with van der Waals surface area (Å²) in [5.41, 5.74) is 0. The standard InChI is InChI=1S/C11H19NO4/c1-2-3-6-4-8(14)12-7(5-13)10(15)11(16)9(6)12/h6-7,9-11,13,15-16H,2-5H2,1H3/t6-,7-,9-,10-,11-/m0/s1. The Morgan fingerprint density at radius 3 is 2.62 bits per heavy atom. The fourth-order valence-electron chi connectivity index (χ4n) is 3.13. The van der Waals surface area contributed by atoms with Crippen LogP contribution in [-0.2, 0) is 4.79 Å². The first-order valence-electron chi connectivity index (χ1n) is 5.90. The Hall–Kier alpha value is -0.650. The van der Waals surface area contributed by atoms with Gasteiger partial charge in [0.1, 0.15) is 12.2 Å². The zero-order chi connectivity index (χ0) is 11.9. The van der Waals surface area contributed by atoms with E-state index in [1.807, 2.05) is 6.92 Å². The lowest BCUT2D eigenvalue weighted by molar-refractivity contribution is -0.131. The Bertz CT molecular complexity index is 283. The van der Waals surface area contributed by atoms with Crippen LogP contribution in [0.3, 0.4) is 0 Å². The van der Waals surface area contributed by atoms with Crippen molar-refractivity contribution in [1.29, 1.82) is 0 Å². The molecule has 0 spiro atoms. The molecule has 16 heavy (non-hydrogen) atoms. The van der Waals surface area contributed by atoms with E-state index < -0.39 is 18.2 Å². The van der Waals surface area contributed by atoms with Gasteiger partial charge in [-0.1, -0.05) is 13.3 Å². The number of fused-ring (bicyclic) bond motifs is 1. The summed E-state index contributed by atoms with van der Waals surface area (Å²) in [6.45, 7) is 1.74. The van der Waals surface area contributed by atoms with E-state index in [9.17, 15) is 20.1 Å². The van der Waals surface area contributed by atoms with Crippen LogP contribution in [0.4, 0.5) is 0 Å². The fourth-order valence-corrected chi connectivity index (χ4v) is 3.13. The number of aliphatic hydroxyl groups is 3. The predicted octanol–water partition coefficient (Wildman–Crippen LogP) is -0.900. The molecule has 2 aliphatic rings. The van der Waals surface area contributed by atoms with Crippen LogP contribution in [0.1, 0.15) is 26.2 Å². The van der Waals surface area contributed by atoms with Crippen molar-refractivity contribution in [3.63, 3.8) is 0 Å². The summed E-state index contributed by atoms with van der Waals surface area (Å²) in [7, 11) is 0. The van der Waals surface area contributed by atoms with Crippen molar-refractivity contribution >= 4 is 5.91 Å². The Labute approximate surface area is 94.7 Å². The van der Waals surface area contributed by atoms with Gasteiger partial charge in [0, 0.05) is 6.42 Å². The minimum absolute atomic E-state index is 0.0573. The van der Waals surface area contributed by atoms with Crippen LogP contribution >= 0.6 is 0 Å². The molecule has 2 saturated heterocycles. The second-order valence-electron chi connectivity index (χ2n) is 4.78. The number of hydrogen-bond acceptors (Lipinski definition) is 4. The highest BCUT2D eigenvalue weighted by molar-refractivity contribution is 5.80. The number of carbonyl (C=O) groups excluding carboxylic acids is 1. The number of carbonyl (C=O) groups is 1. The van der Waals surface area contributed by atoms with Gasteiger partial charge in [-0.05, 0) is 12.3 Å². The Balaban J connectivity index is 2.22.